The quantitative estimate of drug-likeness (QED) is 0.511. The standard InChI is InChI=1S/C11H8N2O5S/c12-4-3-6-5-8(15)10-7(14)1-2-9(11(10)18-6)19-13(16)17/h1-2,6,14H,3,5H2. The number of nitro groups is 1. The fourth-order valence-corrected chi connectivity index (χ4v) is 2.35. The molecule has 0 bridgehead atoms. The molecule has 0 spiro atoms. The summed E-state index contributed by atoms with van der Waals surface area (Å²) in [5, 5.41) is 28.8. The molecular formula is C11H8N2O5S. The zero-order valence-electron chi connectivity index (χ0n) is 9.53. The van der Waals surface area contributed by atoms with Crippen molar-refractivity contribution in [2.75, 3.05) is 0 Å². The molecule has 0 aromatic heterocycles. The van der Waals surface area contributed by atoms with Crippen molar-refractivity contribution in [3.63, 3.8) is 0 Å². The van der Waals surface area contributed by atoms with Gasteiger partial charge in [0, 0.05) is 6.42 Å². The van der Waals surface area contributed by atoms with E-state index in [1.165, 1.54) is 12.1 Å². The van der Waals surface area contributed by atoms with Crippen LogP contribution in [0.1, 0.15) is 23.2 Å². The summed E-state index contributed by atoms with van der Waals surface area (Å²) in [5.74, 6) is -0.675. The lowest BCUT2D eigenvalue weighted by molar-refractivity contribution is -0.284. The van der Waals surface area contributed by atoms with Gasteiger partial charge in [0.1, 0.15) is 26.6 Å². The molecule has 98 valence electrons. The number of hydrogen-bond donors (Lipinski definition) is 1. The van der Waals surface area contributed by atoms with Gasteiger partial charge in [0.2, 0.25) is 0 Å². The van der Waals surface area contributed by atoms with Gasteiger partial charge in [0.15, 0.2) is 11.5 Å². The van der Waals surface area contributed by atoms with E-state index in [0.29, 0.717) is 11.9 Å². The molecular weight excluding hydrogens is 272 g/mol. The van der Waals surface area contributed by atoms with Crippen LogP contribution in [0.25, 0.3) is 0 Å². The van der Waals surface area contributed by atoms with Gasteiger partial charge in [-0.05, 0) is 12.1 Å². The Morgan fingerprint density at radius 1 is 1.63 bits per heavy atom. The average molecular weight is 280 g/mol. The third-order valence-corrected chi connectivity index (χ3v) is 3.24. The number of benzene rings is 1. The van der Waals surface area contributed by atoms with E-state index in [2.05, 4.69) is 0 Å². The summed E-state index contributed by atoms with van der Waals surface area (Å²) in [5.41, 5.74) is -0.0546. The molecule has 1 unspecified atom stereocenters. The second-order valence-electron chi connectivity index (χ2n) is 3.83. The molecule has 1 aliphatic rings. The molecule has 0 fully saturated rings. The van der Waals surface area contributed by atoms with E-state index in [4.69, 9.17) is 10.00 Å². The van der Waals surface area contributed by atoms with Crippen LogP contribution in [-0.4, -0.2) is 21.3 Å². The number of nitrogens with zero attached hydrogens (tertiary/aromatic N) is 2. The first kappa shape index (κ1) is 13.2. The van der Waals surface area contributed by atoms with Crippen molar-refractivity contribution in [3.8, 4) is 17.6 Å². The first-order valence-corrected chi connectivity index (χ1v) is 6.05. The smallest absolute Gasteiger partial charge is 0.269 e. The van der Waals surface area contributed by atoms with Crippen LogP contribution < -0.4 is 4.74 Å². The molecule has 0 aliphatic carbocycles. The van der Waals surface area contributed by atoms with Gasteiger partial charge >= 0.3 is 0 Å². The second-order valence-corrected chi connectivity index (χ2v) is 4.75. The number of phenolic OH excluding ortho intramolecular Hbond substituents is 1. The van der Waals surface area contributed by atoms with Crippen molar-refractivity contribution in [1.82, 2.24) is 0 Å². The lowest BCUT2D eigenvalue weighted by Gasteiger charge is -2.24. The third-order valence-electron chi connectivity index (χ3n) is 2.57. The minimum absolute atomic E-state index is 0.00338. The zero-order valence-corrected chi connectivity index (χ0v) is 10.3. The molecule has 8 heteroatoms. The summed E-state index contributed by atoms with van der Waals surface area (Å²) in [6.45, 7) is 0. The van der Waals surface area contributed by atoms with Crippen molar-refractivity contribution < 1.29 is 19.0 Å². The maximum atomic E-state index is 11.9. The van der Waals surface area contributed by atoms with Crippen molar-refractivity contribution >= 4 is 17.7 Å². The summed E-state index contributed by atoms with van der Waals surface area (Å²) < 4.78 is 4.80. The number of ketones is 1. The molecule has 1 heterocycles. The molecule has 19 heavy (non-hydrogen) atoms. The van der Waals surface area contributed by atoms with Crippen LogP contribution in [-0.2, 0) is 0 Å². The van der Waals surface area contributed by atoms with Crippen molar-refractivity contribution in [2.24, 2.45) is 0 Å². The monoisotopic (exact) mass is 280 g/mol. The lowest BCUT2D eigenvalue weighted by atomic mass is 9.98. The summed E-state index contributed by atoms with van der Waals surface area (Å²) in [6.07, 6.45) is -0.665. The maximum absolute atomic E-state index is 11.9. The number of ether oxygens (including phenoxy) is 1. The molecule has 0 saturated carbocycles. The van der Waals surface area contributed by atoms with Gasteiger partial charge in [0.25, 0.3) is 11.9 Å². The van der Waals surface area contributed by atoms with Gasteiger partial charge in [-0.2, -0.15) is 5.26 Å². The Labute approximate surface area is 112 Å². The SMILES string of the molecule is N#CCC1CC(=O)c2c(O)ccc(S[N+](=O)[O-])c2O1. The van der Waals surface area contributed by atoms with E-state index < -0.39 is 10.4 Å². The summed E-state index contributed by atoms with van der Waals surface area (Å²) in [7, 11) is 0. The number of hydrogen-bond acceptors (Lipinski definition) is 7. The van der Waals surface area contributed by atoms with Crippen molar-refractivity contribution in [3.05, 3.63) is 27.8 Å². The first-order valence-electron chi connectivity index (χ1n) is 5.28. The van der Waals surface area contributed by atoms with Crippen LogP contribution in [0.15, 0.2) is 17.0 Å². The molecule has 2 rings (SSSR count). The molecule has 1 N–H and O–H groups in total. The molecule has 0 radical (unpaired) electrons. The van der Waals surface area contributed by atoms with Crippen molar-refractivity contribution in [1.29, 1.82) is 5.26 Å². The molecule has 0 amide bonds. The number of rotatable bonds is 3. The van der Waals surface area contributed by atoms with Crippen molar-refractivity contribution in [2.45, 2.75) is 23.8 Å². The van der Waals surface area contributed by atoms with E-state index in [9.17, 15) is 20.0 Å². The van der Waals surface area contributed by atoms with Gasteiger partial charge in [-0.3, -0.25) is 14.9 Å². The predicted octanol–water partition coefficient (Wildman–Crippen LogP) is 1.92. The highest BCUT2D eigenvalue weighted by atomic mass is 32.2. The molecule has 0 saturated heterocycles. The van der Waals surface area contributed by atoms with Gasteiger partial charge in [-0.25, -0.2) is 0 Å². The highest BCUT2D eigenvalue weighted by Crippen LogP contribution is 2.42. The number of phenols is 1. The van der Waals surface area contributed by atoms with Gasteiger partial charge < -0.3 is 9.84 Å². The highest BCUT2D eigenvalue weighted by molar-refractivity contribution is 7.93. The van der Waals surface area contributed by atoms with Crippen LogP contribution in [0.2, 0.25) is 0 Å². The number of Topliss-reactive ketones (excluding diaryl/α,β-unsaturated/α-hetero) is 1. The van der Waals surface area contributed by atoms with Crippen LogP contribution in [0.5, 0.6) is 11.5 Å². The van der Waals surface area contributed by atoms with Crippen LogP contribution in [0.3, 0.4) is 0 Å². The fourth-order valence-electron chi connectivity index (χ4n) is 1.82. The summed E-state index contributed by atoms with van der Waals surface area (Å²) in [6, 6.07) is 4.41. The third kappa shape index (κ3) is 2.61. The zero-order chi connectivity index (χ0) is 14.0. The fraction of sp³-hybridized carbons (Fsp3) is 0.273. The maximum Gasteiger partial charge on any atom is 0.269 e. The number of carbonyl (C=O) groups excluding carboxylic acids is 1. The van der Waals surface area contributed by atoms with Gasteiger partial charge in [0.05, 0.1) is 12.5 Å². The minimum atomic E-state index is -0.641. The van der Waals surface area contributed by atoms with E-state index >= 15 is 0 Å². The summed E-state index contributed by atoms with van der Waals surface area (Å²) in [4.78, 5) is 22.6. The largest absolute Gasteiger partial charge is 0.507 e. The predicted molar refractivity (Wildman–Crippen MR) is 64.6 cm³/mol. The van der Waals surface area contributed by atoms with Gasteiger partial charge in [-0.1, -0.05) is 0 Å². The van der Waals surface area contributed by atoms with E-state index in [1.54, 1.807) is 0 Å². The van der Waals surface area contributed by atoms with Crippen LogP contribution in [0, 0.1) is 21.4 Å². The number of nitriles is 1. The van der Waals surface area contributed by atoms with E-state index in [-0.39, 0.29) is 40.6 Å². The molecule has 1 aromatic rings. The lowest BCUT2D eigenvalue weighted by Crippen LogP contribution is -2.27. The Balaban J connectivity index is 2.47. The Morgan fingerprint density at radius 3 is 3.00 bits per heavy atom. The Morgan fingerprint density at radius 2 is 2.37 bits per heavy atom. The van der Waals surface area contributed by atoms with Crippen LogP contribution >= 0.6 is 11.9 Å². The molecule has 1 aromatic carbocycles. The molecule has 1 aliphatic heterocycles. The number of carbonyl (C=O) groups is 1. The van der Waals surface area contributed by atoms with Gasteiger partial charge in [-0.15, -0.1) is 0 Å². The Hall–Kier alpha value is -2.27. The van der Waals surface area contributed by atoms with Crippen LogP contribution in [0.4, 0.5) is 0 Å². The Kier molecular flexibility index (Phi) is 3.57. The first-order chi connectivity index (χ1) is 9.02. The molecule has 7 nitrogen and oxygen atoms in total. The Bertz CT molecular complexity index is 595. The average Bonchev–Trinajstić information content (AvgIpc) is 2.32. The normalized spacial score (nSPS) is 17.2. The topological polar surface area (TPSA) is 113 Å². The number of fused-ring (bicyclic) bond motifs is 1. The minimum Gasteiger partial charge on any atom is -0.507 e. The number of aromatic hydroxyl groups is 1. The summed E-state index contributed by atoms with van der Waals surface area (Å²) >= 11 is 0.295. The highest BCUT2D eigenvalue weighted by Gasteiger charge is 2.32. The molecule has 1 atom stereocenters. The van der Waals surface area contributed by atoms with E-state index in [1.807, 2.05) is 6.07 Å². The van der Waals surface area contributed by atoms with E-state index in [0.717, 1.165) is 0 Å². The second kappa shape index (κ2) is 5.16.